The van der Waals surface area contributed by atoms with Crippen LogP contribution in [0, 0.1) is 5.92 Å². The van der Waals surface area contributed by atoms with Crippen LogP contribution in [0.1, 0.15) is 67.0 Å². The van der Waals surface area contributed by atoms with E-state index in [4.69, 9.17) is 13.6 Å². The average Bonchev–Trinajstić information content (AvgIpc) is 2.78. The monoisotopic (exact) mass is 451 g/mol. The number of carbonyl (C=O) groups is 1. The minimum Gasteiger partial charge on any atom is -0.507 e. The molecule has 1 saturated heterocycles. The van der Waals surface area contributed by atoms with Gasteiger partial charge in [-0.3, -0.25) is 4.79 Å². The predicted octanol–water partition coefficient (Wildman–Crippen LogP) is 5.68. The Hall–Kier alpha value is -1.27. The van der Waals surface area contributed by atoms with Gasteiger partial charge in [0.25, 0.3) is 0 Å². The highest BCUT2D eigenvalue weighted by molar-refractivity contribution is 8.17. The minimum atomic E-state index is -2.30. The number of rotatable bonds is 5. The molecule has 0 spiro atoms. The highest BCUT2D eigenvalue weighted by Gasteiger charge is 2.46. The van der Waals surface area contributed by atoms with Gasteiger partial charge in [-0.25, -0.2) is 0 Å². The first-order valence-corrected chi connectivity index (χ1v) is 12.8. The second kappa shape index (κ2) is 9.07. The Morgan fingerprint density at radius 2 is 2.20 bits per heavy atom. The summed E-state index contributed by atoms with van der Waals surface area (Å²) in [6.45, 7) is -0.603. The molecule has 0 saturated carbocycles. The van der Waals surface area contributed by atoms with Gasteiger partial charge in [-0.1, -0.05) is 11.6 Å². The normalized spacial score (nSPS) is 30.6. The number of benzene rings is 1. The Bertz CT molecular complexity index is 927. The van der Waals surface area contributed by atoms with Gasteiger partial charge >= 0.3 is 5.97 Å². The van der Waals surface area contributed by atoms with Crippen LogP contribution in [0.3, 0.4) is 0 Å². The quantitative estimate of drug-likeness (QED) is 0.459. The van der Waals surface area contributed by atoms with Gasteiger partial charge in [-0.15, -0.1) is 23.5 Å². The fourth-order valence-electron chi connectivity index (χ4n) is 4.81. The summed E-state index contributed by atoms with van der Waals surface area (Å²) in [5.74, 6) is 2.18. The second-order valence-electron chi connectivity index (χ2n) is 8.51. The smallest absolute Gasteiger partial charge is 0.305 e. The molecule has 164 valence electrons. The molecule has 0 amide bonds. The summed E-state index contributed by atoms with van der Waals surface area (Å²) in [6.07, 6.45) is 6.47. The van der Waals surface area contributed by atoms with Crippen molar-refractivity contribution in [2.75, 3.05) is 18.6 Å². The summed E-state index contributed by atoms with van der Waals surface area (Å²) < 4.78 is 36.2. The van der Waals surface area contributed by atoms with Crippen LogP contribution >= 0.6 is 23.5 Å². The number of allylic oxidation sites excluding steroid dienone is 1. The zero-order chi connectivity index (χ0) is 23.8. The number of carbonyl (C=O) groups excluding carboxylic acids is 1. The number of phenols is 1. The van der Waals surface area contributed by atoms with Crippen LogP contribution in [0.4, 0.5) is 0 Å². The highest BCUT2D eigenvalue weighted by atomic mass is 32.2. The van der Waals surface area contributed by atoms with Gasteiger partial charge in [0, 0.05) is 27.9 Å². The maximum atomic E-state index is 11.4. The Morgan fingerprint density at radius 1 is 1.40 bits per heavy atom. The van der Waals surface area contributed by atoms with Crippen LogP contribution in [0.5, 0.6) is 11.5 Å². The number of aryl methyl sites for hydroxylation is 1. The van der Waals surface area contributed by atoms with Crippen molar-refractivity contribution in [2.45, 2.75) is 68.4 Å². The lowest BCUT2D eigenvalue weighted by molar-refractivity contribution is -0.140. The van der Waals surface area contributed by atoms with Gasteiger partial charge in [-0.05, 0) is 75.1 Å². The van der Waals surface area contributed by atoms with E-state index < -0.39 is 12.5 Å². The Morgan fingerprint density at radius 3 is 2.93 bits per heavy atom. The van der Waals surface area contributed by atoms with E-state index in [2.05, 4.69) is 6.08 Å². The molecule has 1 aliphatic carbocycles. The second-order valence-corrected chi connectivity index (χ2v) is 11.2. The molecule has 0 radical (unpaired) electrons. The van der Waals surface area contributed by atoms with E-state index in [1.165, 1.54) is 19.1 Å². The molecule has 1 aromatic rings. The third-order valence-electron chi connectivity index (χ3n) is 6.32. The van der Waals surface area contributed by atoms with Crippen LogP contribution < -0.4 is 4.74 Å². The van der Waals surface area contributed by atoms with E-state index >= 15 is 0 Å². The lowest BCUT2D eigenvalue weighted by atomic mass is 9.68. The zero-order valence-electron chi connectivity index (χ0n) is 20.6. The van der Waals surface area contributed by atoms with Gasteiger partial charge in [0.15, 0.2) is 0 Å². The minimum absolute atomic E-state index is 0.143. The van der Waals surface area contributed by atoms with Crippen LogP contribution in [0.15, 0.2) is 23.8 Å². The lowest BCUT2D eigenvalue weighted by Gasteiger charge is -2.47. The van der Waals surface area contributed by atoms with Crippen molar-refractivity contribution in [1.29, 1.82) is 0 Å². The molecule has 3 unspecified atom stereocenters. The lowest BCUT2D eigenvalue weighted by Crippen LogP contribution is -2.45. The fourth-order valence-corrected chi connectivity index (χ4v) is 7.82. The summed E-state index contributed by atoms with van der Waals surface area (Å²) in [5.41, 5.74) is 1.53. The van der Waals surface area contributed by atoms with Crippen molar-refractivity contribution in [3.05, 3.63) is 34.9 Å². The first-order chi connectivity index (χ1) is 15.6. The van der Waals surface area contributed by atoms with Crippen LogP contribution in [-0.4, -0.2) is 39.9 Å². The fraction of sp³-hybridized carbons (Fsp3) is 0.625. The van der Waals surface area contributed by atoms with Crippen molar-refractivity contribution in [2.24, 2.45) is 5.92 Å². The van der Waals surface area contributed by atoms with Crippen LogP contribution in [0.25, 0.3) is 0 Å². The van der Waals surface area contributed by atoms with Crippen molar-refractivity contribution >= 4 is 29.5 Å². The number of thioether (sulfide) groups is 2. The van der Waals surface area contributed by atoms with E-state index in [1.807, 2.05) is 29.6 Å². The SMILES string of the molecule is [2H]C([2H])([2H])C1(C)Oc2cc(CCCC(=O)OC)cc(O)c2C2C=C(C3SCCCS3)CCC21. The van der Waals surface area contributed by atoms with Crippen molar-refractivity contribution < 1.29 is 23.5 Å². The molecule has 3 aliphatic rings. The molecule has 3 atom stereocenters. The summed E-state index contributed by atoms with van der Waals surface area (Å²) in [6, 6.07) is 3.58. The molecule has 2 heterocycles. The van der Waals surface area contributed by atoms with E-state index in [9.17, 15) is 9.90 Å². The Kier molecular flexibility index (Phi) is 5.54. The first kappa shape index (κ1) is 18.3. The zero-order valence-corrected chi connectivity index (χ0v) is 19.2. The number of hydrogen-bond donors (Lipinski definition) is 1. The molecule has 2 aliphatic heterocycles. The van der Waals surface area contributed by atoms with E-state index in [-0.39, 0.29) is 30.0 Å². The molecular weight excluding hydrogens is 416 g/mol. The molecule has 6 heteroatoms. The maximum Gasteiger partial charge on any atom is 0.305 e. The molecular formula is C24H32O4S2. The molecule has 1 N–H and O–H groups in total. The molecule has 4 nitrogen and oxygen atoms in total. The largest absolute Gasteiger partial charge is 0.507 e. The van der Waals surface area contributed by atoms with Crippen molar-refractivity contribution in [1.82, 2.24) is 0 Å². The molecule has 1 aromatic carbocycles. The average molecular weight is 452 g/mol. The summed E-state index contributed by atoms with van der Waals surface area (Å²) in [4.78, 5) is 11.4. The standard InChI is InChI=1S/C24H32O4S2/c1-24(2)18-9-8-16(23-29-10-5-11-30-23)14-17(18)22-19(25)12-15(13-20(22)28-24)6-4-7-21(26)27-3/h12-14,17-18,23,25H,4-11H2,1-3H3/i1D3. The van der Waals surface area contributed by atoms with Gasteiger partial charge in [-0.2, -0.15) is 0 Å². The molecule has 30 heavy (non-hydrogen) atoms. The van der Waals surface area contributed by atoms with Crippen molar-refractivity contribution in [3.8, 4) is 11.5 Å². The van der Waals surface area contributed by atoms with Gasteiger partial charge < -0.3 is 14.6 Å². The predicted molar refractivity (Wildman–Crippen MR) is 125 cm³/mol. The molecule has 1 fully saturated rings. The molecule has 0 bridgehead atoms. The molecule has 0 aromatic heterocycles. The van der Waals surface area contributed by atoms with E-state index in [0.29, 0.717) is 28.7 Å². The number of phenolic OH excluding ortho intramolecular Hbond substituents is 1. The van der Waals surface area contributed by atoms with Crippen molar-refractivity contribution in [3.63, 3.8) is 0 Å². The van der Waals surface area contributed by atoms with Gasteiger partial charge in [0.05, 0.1) is 11.7 Å². The number of methoxy groups -OCH3 is 1. The van der Waals surface area contributed by atoms with Gasteiger partial charge in [0.2, 0.25) is 0 Å². The first-order valence-electron chi connectivity index (χ1n) is 12.2. The van der Waals surface area contributed by atoms with Gasteiger partial charge in [0.1, 0.15) is 17.1 Å². The Labute approximate surface area is 192 Å². The third-order valence-corrected chi connectivity index (χ3v) is 9.39. The van der Waals surface area contributed by atoms with Crippen LogP contribution in [0.2, 0.25) is 0 Å². The van der Waals surface area contributed by atoms with E-state index in [1.54, 1.807) is 13.0 Å². The number of esters is 1. The van der Waals surface area contributed by atoms with Crippen LogP contribution in [-0.2, 0) is 16.0 Å². The Balaban J connectivity index is 1.70. The summed E-state index contributed by atoms with van der Waals surface area (Å²) in [7, 11) is 1.36. The topological polar surface area (TPSA) is 55.8 Å². The number of hydrogen-bond acceptors (Lipinski definition) is 6. The number of ether oxygens (including phenoxy) is 2. The number of fused-ring (bicyclic) bond motifs is 3. The maximum absolute atomic E-state index is 11.4. The highest BCUT2D eigenvalue weighted by Crippen LogP contribution is 2.55. The van der Waals surface area contributed by atoms with E-state index in [0.717, 1.165) is 29.9 Å². The number of aromatic hydroxyl groups is 1. The summed E-state index contributed by atoms with van der Waals surface area (Å²) in [5, 5.41) is 11.0. The summed E-state index contributed by atoms with van der Waals surface area (Å²) >= 11 is 3.94. The molecule has 4 rings (SSSR count). The third kappa shape index (κ3) is 4.50.